The Morgan fingerprint density at radius 1 is 1.44 bits per heavy atom. The van der Waals surface area contributed by atoms with Crippen molar-refractivity contribution in [2.75, 3.05) is 26.2 Å². The van der Waals surface area contributed by atoms with Crippen molar-refractivity contribution in [3.63, 3.8) is 0 Å². The van der Waals surface area contributed by atoms with Gasteiger partial charge in [0.2, 0.25) is 11.8 Å². The molecule has 0 aromatic rings. The van der Waals surface area contributed by atoms with Gasteiger partial charge in [-0.1, -0.05) is 0 Å². The van der Waals surface area contributed by atoms with Gasteiger partial charge < -0.3 is 20.7 Å². The lowest BCUT2D eigenvalue weighted by Crippen LogP contribution is -2.54. The molecule has 104 valence electrons. The number of hydrogen-bond donors (Lipinski definition) is 3. The fourth-order valence-electron chi connectivity index (χ4n) is 2.10. The van der Waals surface area contributed by atoms with Gasteiger partial charge in [-0.25, -0.2) is 0 Å². The van der Waals surface area contributed by atoms with Gasteiger partial charge in [0.1, 0.15) is 0 Å². The lowest BCUT2D eigenvalue weighted by atomic mass is 10.1. The van der Waals surface area contributed by atoms with Gasteiger partial charge in [-0.3, -0.25) is 9.59 Å². The second-order valence-electron chi connectivity index (χ2n) is 4.44. The highest BCUT2D eigenvalue weighted by molar-refractivity contribution is 5.88. The van der Waals surface area contributed by atoms with Crippen LogP contribution in [0.15, 0.2) is 0 Å². The highest BCUT2D eigenvalue weighted by Gasteiger charge is 2.24. The maximum absolute atomic E-state index is 11.6. The molecule has 2 atom stereocenters. The minimum Gasteiger partial charge on any atom is -0.376 e. The van der Waals surface area contributed by atoms with E-state index in [0.29, 0.717) is 13.1 Å². The molecular formula is C11H20ClN3O3. The van der Waals surface area contributed by atoms with Gasteiger partial charge in [-0.05, 0) is 12.8 Å². The summed E-state index contributed by atoms with van der Waals surface area (Å²) >= 11 is 0. The van der Waals surface area contributed by atoms with Crippen molar-refractivity contribution in [2.45, 2.75) is 31.4 Å². The number of amides is 2. The Labute approximate surface area is 113 Å². The summed E-state index contributed by atoms with van der Waals surface area (Å²) in [5.41, 5.74) is 0. The number of rotatable bonds is 4. The summed E-state index contributed by atoms with van der Waals surface area (Å²) in [6, 6.07) is -0.395. The number of halogens is 1. The molecule has 2 heterocycles. The second kappa shape index (κ2) is 7.56. The van der Waals surface area contributed by atoms with Gasteiger partial charge in [-0.15, -0.1) is 12.4 Å². The van der Waals surface area contributed by atoms with Crippen LogP contribution < -0.4 is 16.0 Å². The van der Waals surface area contributed by atoms with E-state index in [2.05, 4.69) is 16.0 Å². The number of carbonyl (C=O) groups is 2. The summed E-state index contributed by atoms with van der Waals surface area (Å²) < 4.78 is 5.40. The number of ether oxygens (including phenoxy) is 1. The van der Waals surface area contributed by atoms with Crippen molar-refractivity contribution >= 4 is 24.2 Å². The smallest absolute Gasteiger partial charge is 0.237 e. The zero-order chi connectivity index (χ0) is 12.1. The molecule has 2 aliphatic rings. The van der Waals surface area contributed by atoms with Crippen LogP contribution in [0, 0.1) is 0 Å². The Hall–Kier alpha value is -0.850. The minimum atomic E-state index is -0.395. The normalized spacial score (nSPS) is 27.2. The molecule has 6 nitrogen and oxygen atoms in total. The Balaban J connectivity index is 0.00000162. The molecule has 7 heteroatoms. The van der Waals surface area contributed by atoms with Crippen LogP contribution in [0.25, 0.3) is 0 Å². The van der Waals surface area contributed by atoms with Crippen molar-refractivity contribution in [3.8, 4) is 0 Å². The van der Waals surface area contributed by atoms with Crippen molar-refractivity contribution in [3.05, 3.63) is 0 Å². The van der Waals surface area contributed by atoms with Gasteiger partial charge in [0.25, 0.3) is 0 Å². The zero-order valence-electron chi connectivity index (χ0n) is 10.2. The van der Waals surface area contributed by atoms with Gasteiger partial charge in [0.05, 0.1) is 18.6 Å². The molecule has 0 spiro atoms. The predicted octanol–water partition coefficient (Wildman–Crippen LogP) is -0.818. The van der Waals surface area contributed by atoms with E-state index in [1.807, 2.05) is 0 Å². The Morgan fingerprint density at radius 3 is 2.94 bits per heavy atom. The standard InChI is InChI=1S/C11H19N3O3.ClH/c15-10(14-7-8-2-1-5-17-8)6-9-11(16)13-4-3-12-9;/h8-9,12H,1-7H2,(H,13,16)(H,14,15);1H. The van der Waals surface area contributed by atoms with E-state index in [1.54, 1.807) is 0 Å². The molecule has 2 saturated heterocycles. The molecule has 2 fully saturated rings. The largest absolute Gasteiger partial charge is 0.376 e. The summed E-state index contributed by atoms with van der Waals surface area (Å²) in [4.78, 5) is 23.0. The van der Waals surface area contributed by atoms with E-state index in [-0.39, 0.29) is 36.7 Å². The zero-order valence-corrected chi connectivity index (χ0v) is 11.1. The second-order valence-corrected chi connectivity index (χ2v) is 4.44. The van der Waals surface area contributed by atoms with Crippen LogP contribution in [-0.4, -0.2) is 50.2 Å². The van der Waals surface area contributed by atoms with Gasteiger partial charge in [0, 0.05) is 26.2 Å². The molecule has 2 unspecified atom stereocenters. The van der Waals surface area contributed by atoms with Crippen molar-refractivity contribution in [1.29, 1.82) is 0 Å². The third-order valence-electron chi connectivity index (χ3n) is 3.07. The number of piperazine rings is 1. The fraction of sp³-hybridized carbons (Fsp3) is 0.818. The lowest BCUT2D eigenvalue weighted by molar-refractivity contribution is -0.129. The molecule has 2 aliphatic heterocycles. The van der Waals surface area contributed by atoms with E-state index in [9.17, 15) is 9.59 Å². The molecule has 2 amide bonds. The molecular weight excluding hydrogens is 258 g/mol. The summed E-state index contributed by atoms with van der Waals surface area (Å²) in [6.07, 6.45) is 2.40. The van der Waals surface area contributed by atoms with Gasteiger partial charge >= 0.3 is 0 Å². The first-order valence-corrected chi connectivity index (χ1v) is 6.15. The number of carbonyl (C=O) groups excluding carboxylic acids is 2. The minimum absolute atomic E-state index is 0. The summed E-state index contributed by atoms with van der Waals surface area (Å²) in [5, 5.41) is 8.56. The molecule has 2 rings (SSSR count). The van der Waals surface area contributed by atoms with Crippen LogP contribution in [0.1, 0.15) is 19.3 Å². The SMILES string of the molecule is Cl.O=C(CC1NCCNC1=O)NCC1CCCO1. The number of hydrogen-bond acceptors (Lipinski definition) is 4. The topological polar surface area (TPSA) is 79.5 Å². The third-order valence-corrected chi connectivity index (χ3v) is 3.07. The molecule has 18 heavy (non-hydrogen) atoms. The van der Waals surface area contributed by atoms with Gasteiger partial charge in [-0.2, -0.15) is 0 Å². The molecule has 0 aliphatic carbocycles. The van der Waals surface area contributed by atoms with E-state index in [1.165, 1.54) is 0 Å². The van der Waals surface area contributed by atoms with Crippen LogP contribution in [0.5, 0.6) is 0 Å². The third kappa shape index (κ3) is 4.44. The highest BCUT2D eigenvalue weighted by atomic mass is 35.5. The molecule has 0 radical (unpaired) electrons. The number of nitrogens with one attached hydrogen (secondary N) is 3. The average molecular weight is 278 g/mol. The molecule has 0 bridgehead atoms. The van der Waals surface area contributed by atoms with Crippen molar-refractivity contribution in [1.82, 2.24) is 16.0 Å². The Kier molecular flexibility index (Phi) is 6.38. The summed E-state index contributed by atoms with van der Waals surface area (Å²) in [6.45, 7) is 2.68. The molecule has 3 N–H and O–H groups in total. The quantitative estimate of drug-likeness (QED) is 0.627. The van der Waals surface area contributed by atoms with E-state index >= 15 is 0 Å². The van der Waals surface area contributed by atoms with Crippen molar-refractivity contribution < 1.29 is 14.3 Å². The highest BCUT2D eigenvalue weighted by Crippen LogP contribution is 2.10. The first-order chi connectivity index (χ1) is 8.25. The monoisotopic (exact) mass is 277 g/mol. The maximum atomic E-state index is 11.6. The molecule has 0 saturated carbocycles. The van der Waals surface area contributed by atoms with Crippen LogP contribution in [0.4, 0.5) is 0 Å². The van der Waals surface area contributed by atoms with E-state index in [0.717, 1.165) is 26.0 Å². The van der Waals surface area contributed by atoms with Crippen LogP contribution in [0.3, 0.4) is 0 Å². The lowest BCUT2D eigenvalue weighted by Gasteiger charge is -2.23. The van der Waals surface area contributed by atoms with Crippen LogP contribution in [-0.2, 0) is 14.3 Å². The maximum Gasteiger partial charge on any atom is 0.237 e. The van der Waals surface area contributed by atoms with E-state index < -0.39 is 6.04 Å². The summed E-state index contributed by atoms with van der Waals surface area (Å²) in [7, 11) is 0. The molecule has 0 aromatic carbocycles. The first-order valence-electron chi connectivity index (χ1n) is 6.15. The predicted molar refractivity (Wildman–Crippen MR) is 68.6 cm³/mol. The summed E-state index contributed by atoms with van der Waals surface area (Å²) in [5.74, 6) is -0.196. The van der Waals surface area contributed by atoms with E-state index in [4.69, 9.17) is 4.74 Å². The Bertz CT molecular complexity index is 295. The van der Waals surface area contributed by atoms with Crippen LogP contribution >= 0.6 is 12.4 Å². The van der Waals surface area contributed by atoms with Crippen LogP contribution in [0.2, 0.25) is 0 Å². The Morgan fingerprint density at radius 2 is 2.28 bits per heavy atom. The van der Waals surface area contributed by atoms with Crippen molar-refractivity contribution in [2.24, 2.45) is 0 Å². The molecule has 0 aromatic heterocycles. The first kappa shape index (κ1) is 15.2. The van der Waals surface area contributed by atoms with Gasteiger partial charge in [0.15, 0.2) is 0 Å². The average Bonchev–Trinajstić information content (AvgIpc) is 2.82. The fourth-order valence-corrected chi connectivity index (χ4v) is 2.10.